The Balaban J connectivity index is 1.90. The van der Waals surface area contributed by atoms with Gasteiger partial charge in [0.1, 0.15) is 12.2 Å². The molecule has 1 fully saturated rings. The molecule has 0 aromatic heterocycles. The number of phenolic OH excluding ortho intramolecular Hbond substituents is 1. The van der Waals surface area contributed by atoms with Crippen LogP contribution < -0.4 is 14.2 Å². The van der Waals surface area contributed by atoms with Crippen LogP contribution in [0.2, 0.25) is 0 Å². The zero-order valence-corrected chi connectivity index (χ0v) is 13.5. The molecule has 6 heteroatoms. The van der Waals surface area contributed by atoms with E-state index in [4.69, 9.17) is 14.2 Å². The molecule has 1 saturated carbocycles. The highest BCUT2D eigenvalue weighted by atomic mass is 16.6. The molecule has 0 amide bonds. The van der Waals surface area contributed by atoms with E-state index < -0.39 is 17.8 Å². The number of hydrogen-bond acceptors (Lipinski definition) is 6. The maximum absolute atomic E-state index is 10.8. The van der Waals surface area contributed by atoms with Gasteiger partial charge in [-0.2, -0.15) is 0 Å². The third-order valence-electron chi connectivity index (χ3n) is 4.27. The molecular weight excluding hydrogens is 312 g/mol. The zero-order valence-electron chi connectivity index (χ0n) is 13.5. The molecule has 1 aliphatic rings. The molecule has 24 heavy (non-hydrogen) atoms. The van der Waals surface area contributed by atoms with Crippen molar-refractivity contribution in [2.75, 3.05) is 14.2 Å². The number of methoxy groups -OCH3 is 2. The number of aliphatic hydroxyl groups excluding tert-OH is 2. The van der Waals surface area contributed by atoms with Crippen LogP contribution in [-0.4, -0.2) is 41.2 Å². The van der Waals surface area contributed by atoms with Crippen molar-refractivity contribution in [2.45, 2.75) is 24.2 Å². The molecule has 128 valence electrons. The number of benzene rings is 2. The standard InChI is InChI=1S/C18H20O6/c1-22-13-5-3-4-6-14(13)24-18(10-16(18)20)17(21)11-7-8-12(19)15(9-11)23-2/h3-9,16-17,19-21H,10H2,1-2H3/t16?,17-,18?/m1/s1. The normalized spacial score (nSPS) is 23.4. The lowest BCUT2D eigenvalue weighted by molar-refractivity contribution is -0.0140. The van der Waals surface area contributed by atoms with Crippen LogP contribution in [0.5, 0.6) is 23.0 Å². The van der Waals surface area contributed by atoms with Gasteiger partial charge in [-0.15, -0.1) is 0 Å². The topological polar surface area (TPSA) is 88.4 Å². The highest BCUT2D eigenvalue weighted by molar-refractivity contribution is 5.45. The van der Waals surface area contributed by atoms with Gasteiger partial charge in [0.25, 0.3) is 0 Å². The molecule has 0 heterocycles. The summed E-state index contributed by atoms with van der Waals surface area (Å²) in [5, 5.41) is 30.5. The fourth-order valence-corrected chi connectivity index (χ4v) is 2.76. The molecule has 0 aliphatic heterocycles. The van der Waals surface area contributed by atoms with Gasteiger partial charge < -0.3 is 29.5 Å². The maximum Gasteiger partial charge on any atom is 0.167 e. The Bertz CT molecular complexity index is 731. The summed E-state index contributed by atoms with van der Waals surface area (Å²) in [7, 11) is 2.96. The Hall–Kier alpha value is -2.44. The first kappa shape index (κ1) is 16.4. The second-order valence-electron chi connectivity index (χ2n) is 5.76. The molecule has 0 bridgehead atoms. The highest BCUT2D eigenvalue weighted by Gasteiger charge is 2.62. The third kappa shape index (κ3) is 2.74. The Morgan fingerprint density at radius 3 is 2.25 bits per heavy atom. The fourth-order valence-electron chi connectivity index (χ4n) is 2.76. The third-order valence-corrected chi connectivity index (χ3v) is 4.27. The maximum atomic E-state index is 10.8. The first-order valence-corrected chi connectivity index (χ1v) is 7.57. The van der Waals surface area contributed by atoms with E-state index in [0.29, 0.717) is 17.1 Å². The van der Waals surface area contributed by atoms with E-state index in [1.165, 1.54) is 26.4 Å². The highest BCUT2D eigenvalue weighted by Crippen LogP contribution is 2.51. The number of aromatic hydroxyl groups is 1. The average Bonchev–Trinajstić information content (AvgIpc) is 3.25. The minimum absolute atomic E-state index is 0.0236. The molecular formula is C18H20O6. The molecule has 0 saturated heterocycles. The molecule has 2 aromatic carbocycles. The lowest BCUT2D eigenvalue weighted by atomic mass is 10.0. The van der Waals surface area contributed by atoms with Crippen LogP contribution in [0.15, 0.2) is 42.5 Å². The van der Waals surface area contributed by atoms with Crippen molar-refractivity contribution in [3.8, 4) is 23.0 Å². The van der Waals surface area contributed by atoms with E-state index in [-0.39, 0.29) is 17.9 Å². The van der Waals surface area contributed by atoms with E-state index in [0.717, 1.165) is 0 Å². The molecule has 0 spiro atoms. The van der Waals surface area contributed by atoms with Gasteiger partial charge in [-0.05, 0) is 29.8 Å². The van der Waals surface area contributed by atoms with Crippen molar-refractivity contribution in [3.05, 3.63) is 48.0 Å². The van der Waals surface area contributed by atoms with Gasteiger partial charge in [-0.3, -0.25) is 0 Å². The Morgan fingerprint density at radius 2 is 1.67 bits per heavy atom. The number of aliphatic hydroxyl groups is 2. The SMILES string of the molecule is COc1cc([C@@H](O)C2(Oc3ccccc3OC)CC2O)ccc1O. The Labute approximate surface area is 139 Å². The van der Waals surface area contributed by atoms with Gasteiger partial charge >= 0.3 is 0 Å². The van der Waals surface area contributed by atoms with Crippen molar-refractivity contribution < 1.29 is 29.5 Å². The summed E-state index contributed by atoms with van der Waals surface area (Å²) in [4.78, 5) is 0. The molecule has 0 radical (unpaired) electrons. The summed E-state index contributed by atoms with van der Waals surface area (Å²) >= 11 is 0. The van der Waals surface area contributed by atoms with E-state index in [1.54, 1.807) is 24.3 Å². The number of para-hydroxylation sites is 2. The largest absolute Gasteiger partial charge is 0.504 e. The van der Waals surface area contributed by atoms with Crippen LogP contribution in [0.3, 0.4) is 0 Å². The summed E-state index contributed by atoms with van der Waals surface area (Å²) in [6.07, 6.45) is -1.61. The number of hydrogen-bond donors (Lipinski definition) is 3. The van der Waals surface area contributed by atoms with E-state index >= 15 is 0 Å². The van der Waals surface area contributed by atoms with E-state index in [9.17, 15) is 15.3 Å². The molecule has 1 aliphatic carbocycles. The summed E-state index contributed by atoms with van der Waals surface area (Å²) in [6, 6.07) is 11.6. The smallest absolute Gasteiger partial charge is 0.167 e. The second-order valence-corrected chi connectivity index (χ2v) is 5.76. The zero-order chi connectivity index (χ0) is 17.3. The molecule has 3 N–H and O–H groups in total. The molecule has 6 nitrogen and oxygen atoms in total. The van der Waals surface area contributed by atoms with Crippen molar-refractivity contribution >= 4 is 0 Å². The van der Waals surface area contributed by atoms with Crippen LogP contribution in [0, 0.1) is 0 Å². The van der Waals surface area contributed by atoms with Gasteiger partial charge in [0.2, 0.25) is 0 Å². The minimum Gasteiger partial charge on any atom is -0.504 e. The van der Waals surface area contributed by atoms with Crippen molar-refractivity contribution in [3.63, 3.8) is 0 Å². The quantitative estimate of drug-likeness (QED) is 0.750. The van der Waals surface area contributed by atoms with Crippen LogP contribution in [0.25, 0.3) is 0 Å². The number of rotatable bonds is 6. The van der Waals surface area contributed by atoms with Gasteiger partial charge in [0.05, 0.1) is 14.2 Å². The predicted molar refractivity (Wildman–Crippen MR) is 86.6 cm³/mol. The van der Waals surface area contributed by atoms with E-state index in [1.807, 2.05) is 6.07 Å². The molecule has 3 atom stereocenters. The van der Waals surface area contributed by atoms with Crippen LogP contribution >= 0.6 is 0 Å². The van der Waals surface area contributed by atoms with Crippen molar-refractivity contribution in [2.24, 2.45) is 0 Å². The predicted octanol–water partition coefficient (Wildman–Crippen LogP) is 2.03. The molecule has 3 rings (SSSR count). The first-order chi connectivity index (χ1) is 11.5. The molecule has 2 aromatic rings. The van der Waals surface area contributed by atoms with Crippen LogP contribution in [0.1, 0.15) is 18.1 Å². The summed E-state index contributed by atoms with van der Waals surface area (Å²) in [5.74, 6) is 1.19. The minimum atomic E-state index is -1.16. The Kier molecular flexibility index (Phi) is 4.26. The van der Waals surface area contributed by atoms with Crippen LogP contribution in [0.4, 0.5) is 0 Å². The van der Waals surface area contributed by atoms with Crippen molar-refractivity contribution in [1.82, 2.24) is 0 Å². The molecule has 2 unspecified atom stereocenters. The van der Waals surface area contributed by atoms with Gasteiger partial charge in [0.15, 0.2) is 28.6 Å². The van der Waals surface area contributed by atoms with Gasteiger partial charge in [-0.1, -0.05) is 18.2 Å². The van der Waals surface area contributed by atoms with Crippen molar-refractivity contribution in [1.29, 1.82) is 0 Å². The lowest BCUT2D eigenvalue weighted by Crippen LogP contribution is -2.32. The van der Waals surface area contributed by atoms with Gasteiger partial charge in [-0.25, -0.2) is 0 Å². The fraction of sp³-hybridized carbons (Fsp3) is 0.333. The van der Waals surface area contributed by atoms with E-state index in [2.05, 4.69) is 0 Å². The summed E-state index contributed by atoms with van der Waals surface area (Å²) in [6.45, 7) is 0. The first-order valence-electron chi connectivity index (χ1n) is 7.57. The van der Waals surface area contributed by atoms with Gasteiger partial charge in [0, 0.05) is 6.42 Å². The van der Waals surface area contributed by atoms with Crippen LogP contribution in [-0.2, 0) is 0 Å². The Morgan fingerprint density at radius 1 is 1.04 bits per heavy atom. The lowest BCUT2D eigenvalue weighted by Gasteiger charge is -2.26. The average molecular weight is 332 g/mol. The second kappa shape index (κ2) is 6.22. The summed E-state index contributed by atoms with van der Waals surface area (Å²) in [5.41, 5.74) is -0.674. The summed E-state index contributed by atoms with van der Waals surface area (Å²) < 4.78 is 16.3. The number of phenols is 1. The monoisotopic (exact) mass is 332 g/mol. The number of ether oxygens (including phenoxy) is 3.